The third kappa shape index (κ3) is 4.09. The number of methoxy groups -OCH3 is 1. The van der Waals surface area contributed by atoms with Gasteiger partial charge in [0.2, 0.25) is 5.13 Å². The second kappa shape index (κ2) is 7.26. The van der Waals surface area contributed by atoms with Gasteiger partial charge in [0, 0.05) is 16.0 Å². The van der Waals surface area contributed by atoms with Crippen molar-refractivity contribution in [3.8, 4) is 17.0 Å². The smallest absolute Gasteiger partial charge is 0.203 e. The van der Waals surface area contributed by atoms with Crippen molar-refractivity contribution in [1.82, 2.24) is 4.98 Å². The monoisotopic (exact) mass is 343 g/mol. The van der Waals surface area contributed by atoms with Crippen LogP contribution in [-0.4, -0.2) is 18.3 Å². The summed E-state index contributed by atoms with van der Waals surface area (Å²) in [6.07, 6.45) is 1.73. The maximum Gasteiger partial charge on any atom is 0.203 e. The second-order valence-electron chi connectivity index (χ2n) is 4.69. The molecule has 0 aliphatic rings. The Hall–Kier alpha value is -2.37. The Balaban J connectivity index is 1.67. The number of hydrogen-bond acceptors (Lipinski definition) is 5. The lowest BCUT2D eigenvalue weighted by Crippen LogP contribution is -1.91. The summed E-state index contributed by atoms with van der Waals surface area (Å²) in [6.45, 7) is 0. The second-order valence-corrected chi connectivity index (χ2v) is 5.99. The summed E-state index contributed by atoms with van der Waals surface area (Å²) >= 11 is 7.39. The van der Waals surface area contributed by atoms with Crippen LogP contribution >= 0.6 is 22.9 Å². The third-order valence-corrected chi connectivity index (χ3v) is 4.11. The summed E-state index contributed by atoms with van der Waals surface area (Å²) in [5, 5.41) is 7.63. The SMILES string of the molecule is COc1cccc(/C=N/Nc2nc(-c3ccc(Cl)cc3)cs2)c1. The van der Waals surface area contributed by atoms with E-state index in [9.17, 15) is 0 Å². The van der Waals surface area contributed by atoms with E-state index in [1.54, 1.807) is 13.3 Å². The molecule has 0 bridgehead atoms. The molecule has 0 amide bonds. The van der Waals surface area contributed by atoms with Gasteiger partial charge in [-0.2, -0.15) is 5.10 Å². The molecular weight excluding hydrogens is 330 g/mol. The zero-order valence-electron chi connectivity index (χ0n) is 12.4. The van der Waals surface area contributed by atoms with Crippen LogP contribution in [0, 0.1) is 0 Å². The Bertz CT molecular complexity index is 815. The number of nitrogens with zero attached hydrogens (tertiary/aromatic N) is 2. The van der Waals surface area contributed by atoms with Crippen LogP contribution in [0.15, 0.2) is 59.0 Å². The lowest BCUT2D eigenvalue weighted by Gasteiger charge is -1.99. The van der Waals surface area contributed by atoms with Crippen molar-refractivity contribution >= 4 is 34.3 Å². The van der Waals surface area contributed by atoms with E-state index in [-0.39, 0.29) is 0 Å². The molecule has 0 spiro atoms. The fourth-order valence-corrected chi connectivity index (χ4v) is 2.76. The number of ether oxygens (including phenoxy) is 1. The molecule has 1 N–H and O–H groups in total. The van der Waals surface area contributed by atoms with E-state index in [1.807, 2.05) is 53.9 Å². The largest absolute Gasteiger partial charge is 0.497 e. The number of thiazole rings is 1. The number of nitrogens with one attached hydrogen (secondary N) is 1. The molecule has 0 saturated heterocycles. The topological polar surface area (TPSA) is 46.5 Å². The van der Waals surface area contributed by atoms with Crippen LogP contribution in [0.25, 0.3) is 11.3 Å². The van der Waals surface area contributed by atoms with Gasteiger partial charge in [0.25, 0.3) is 0 Å². The van der Waals surface area contributed by atoms with E-state index in [4.69, 9.17) is 16.3 Å². The summed E-state index contributed by atoms with van der Waals surface area (Å²) in [4.78, 5) is 4.50. The minimum Gasteiger partial charge on any atom is -0.497 e. The van der Waals surface area contributed by atoms with E-state index >= 15 is 0 Å². The van der Waals surface area contributed by atoms with Crippen molar-refractivity contribution in [2.24, 2.45) is 5.10 Å². The molecule has 4 nitrogen and oxygen atoms in total. The van der Waals surface area contributed by atoms with Crippen molar-refractivity contribution in [2.75, 3.05) is 12.5 Å². The van der Waals surface area contributed by atoms with Gasteiger partial charge in [-0.3, -0.25) is 5.43 Å². The van der Waals surface area contributed by atoms with Crippen LogP contribution in [0.5, 0.6) is 5.75 Å². The van der Waals surface area contributed by atoms with E-state index < -0.39 is 0 Å². The zero-order valence-corrected chi connectivity index (χ0v) is 13.9. The number of hydrogen-bond donors (Lipinski definition) is 1. The van der Waals surface area contributed by atoms with Gasteiger partial charge in [0.05, 0.1) is 19.0 Å². The van der Waals surface area contributed by atoms with Crippen molar-refractivity contribution in [1.29, 1.82) is 0 Å². The number of halogens is 1. The molecule has 116 valence electrons. The highest BCUT2D eigenvalue weighted by Gasteiger charge is 2.03. The molecule has 0 aliphatic heterocycles. The van der Waals surface area contributed by atoms with Crippen LogP contribution < -0.4 is 10.2 Å². The number of rotatable bonds is 5. The first-order valence-electron chi connectivity index (χ1n) is 6.89. The molecule has 0 unspecified atom stereocenters. The molecule has 1 heterocycles. The lowest BCUT2D eigenvalue weighted by molar-refractivity contribution is 0.415. The van der Waals surface area contributed by atoms with Crippen LogP contribution in [0.2, 0.25) is 5.02 Å². The fourth-order valence-electron chi connectivity index (χ4n) is 1.96. The average Bonchev–Trinajstić information content (AvgIpc) is 3.04. The summed E-state index contributed by atoms with van der Waals surface area (Å²) < 4.78 is 5.18. The number of hydrazone groups is 1. The van der Waals surface area contributed by atoms with Crippen LogP contribution in [0.3, 0.4) is 0 Å². The predicted molar refractivity (Wildman–Crippen MR) is 96.8 cm³/mol. The van der Waals surface area contributed by atoms with E-state index in [1.165, 1.54) is 11.3 Å². The quantitative estimate of drug-likeness (QED) is 0.528. The van der Waals surface area contributed by atoms with E-state index in [0.717, 1.165) is 27.7 Å². The maximum atomic E-state index is 5.89. The zero-order chi connectivity index (χ0) is 16.1. The Morgan fingerprint density at radius 3 is 2.83 bits per heavy atom. The average molecular weight is 344 g/mol. The first-order valence-corrected chi connectivity index (χ1v) is 8.15. The third-order valence-electron chi connectivity index (χ3n) is 3.11. The van der Waals surface area contributed by atoms with Crippen molar-refractivity contribution in [2.45, 2.75) is 0 Å². The standard InChI is InChI=1S/C17H14ClN3OS/c1-22-15-4-2-3-12(9-15)10-19-21-17-20-16(11-23-17)13-5-7-14(18)8-6-13/h2-11H,1H3,(H,20,21)/b19-10+. The highest BCUT2D eigenvalue weighted by molar-refractivity contribution is 7.14. The number of anilines is 1. The highest BCUT2D eigenvalue weighted by Crippen LogP contribution is 2.25. The number of aromatic nitrogens is 1. The van der Waals surface area contributed by atoms with Gasteiger partial charge >= 0.3 is 0 Å². The number of benzene rings is 2. The summed E-state index contributed by atoms with van der Waals surface area (Å²) in [7, 11) is 1.64. The van der Waals surface area contributed by atoms with Gasteiger partial charge in [-0.1, -0.05) is 35.9 Å². The molecule has 0 saturated carbocycles. The highest BCUT2D eigenvalue weighted by atomic mass is 35.5. The van der Waals surface area contributed by atoms with Crippen LogP contribution in [0.4, 0.5) is 5.13 Å². The van der Waals surface area contributed by atoms with Crippen LogP contribution in [0.1, 0.15) is 5.56 Å². The van der Waals surface area contributed by atoms with Crippen molar-refractivity contribution in [3.05, 3.63) is 64.5 Å². The van der Waals surface area contributed by atoms with Crippen molar-refractivity contribution < 1.29 is 4.74 Å². The molecule has 1 aromatic heterocycles. The van der Waals surface area contributed by atoms with Crippen molar-refractivity contribution in [3.63, 3.8) is 0 Å². The molecule has 23 heavy (non-hydrogen) atoms. The molecule has 3 rings (SSSR count). The Morgan fingerprint density at radius 2 is 2.04 bits per heavy atom. The normalized spacial score (nSPS) is 10.9. The fraction of sp³-hybridized carbons (Fsp3) is 0.0588. The summed E-state index contributed by atoms with van der Waals surface area (Å²) in [5.41, 5.74) is 5.81. The first-order chi connectivity index (χ1) is 11.2. The Kier molecular flexibility index (Phi) is 4.90. The van der Waals surface area contributed by atoms with Gasteiger partial charge in [-0.05, 0) is 29.8 Å². The Morgan fingerprint density at radius 1 is 1.22 bits per heavy atom. The minimum absolute atomic E-state index is 0.713. The molecule has 3 aromatic rings. The molecule has 0 radical (unpaired) electrons. The molecule has 6 heteroatoms. The molecule has 0 fully saturated rings. The first kappa shape index (κ1) is 15.5. The van der Waals surface area contributed by atoms with E-state index in [2.05, 4.69) is 15.5 Å². The predicted octanol–water partition coefficient (Wildman–Crippen LogP) is 4.92. The minimum atomic E-state index is 0.713. The molecular formula is C17H14ClN3OS. The molecule has 0 atom stereocenters. The Labute approximate surface area is 143 Å². The van der Waals surface area contributed by atoms with Gasteiger partial charge in [0.1, 0.15) is 5.75 Å². The van der Waals surface area contributed by atoms with Gasteiger partial charge in [0.15, 0.2) is 0 Å². The van der Waals surface area contributed by atoms with Gasteiger partial charge < -0.3 is 4.74 Å². The molecule has 2 aromatic carbocycles. The lowest BCUT2D eigenvalue weighted by atomic mass is 10.2. The van der Waals surface area contributed by atoms with Gasteiger partial charge in [-0.15, -0.1) is 11.3 Å². The van der Waals surface area contributed by atoms with Gasteiger partial charge in [-0.25, -0.2) is 4.98 Å². The maximum absolute atomic E-state index is 5.89. The summed E-state index contributed by atoms with van der Waals surface area (Å²) in [5.74, 6) is 0.799. The van der Waals surface area contributed by atoms with Crippen LogP contribution in [-0.2, 0) is 0 Å². The summed E-state index contributed by atoms with van der Waals surface area (Å²) in [6, 6.07) is 15.3. The molecule has 0 aliphatic carbocycles. The van der Waals surface area contributed by atoms with E-state index in [0.29, 0.717) is 5.02 Å².